The number of halogens is 1. The van der Waals surface area contributed by atoms with Crippen molar-refractivity contribution >= 4 is 27.0 Å². The fraction of sp³-hybridized carbons (Fsp3) is 0.200. The molecular weight excluding hydrogens is 244 g/mol. The van der Waals surface area contributed by atoms with Crippen molar-refractivity contribution in [2.75, 3.05) is 0 Å². The van der Waals surface area contributed by atoms with Crippen molar-refractivity contribution < 1.29 is 0 Å². The lowest BCUT2D eigenvalue weighted by atomic mass is 10.2. The molecule has 1 heterocycles. The molecule has 0 unspecified atom stereocenters. The molecule has 0 fully saturated rings. The van der Waals surface area contributed by atoms with Crippen LogP contribution in [0.3, 0.4) is 0 Å². The summed E-state index contributed by atoms with van der Waals surface area (Å²) in [6.45, 7) is 1.99. The molecule has 0 spiro atoms. The van der Waals surface area contributed by atoms with E-state index >= 15 is 0 Å². The largest absolute Gasteiger partial charge is 0.309 e. The number of nitrogens with zero attached hydrogens (tertiary/aromatic N) is 2. The molecule has 1 aromatic carbocycles. The normalized spacial score (nSPS) is 10.8. The van der Waals surface area contributed by atoms with E-state index in [2.05, 4.69) is 20.9 Å². The third-order valence-electron chi connectivity index (χ3n) is 2.26. The molecule has 0 radical (unpaired) electrons. The highest BCUT2D eigenvalue weighted by Gasteiger charge is 2.03. The highest BCUT2D eigenvalue weighted by atomic mass is 79.9. The molecule has 0 aliphatic heterocycles. The highest BCUT2D eigenvalue weighted by Crippen LogP contribution is 2.20. The van der Waals surface area contributed by atoms with Crippen LogP contribution < -0.4 is 5.56 Å². The van der Waals surface area contributed by atoms with Crippen molar-refractivity contribution in [1.29, 1.82) is 0 Å². The van der Waals surface area contributed by atoms with Gasteiger partial charge in [-0.2, -0.15) is 0 Å². The molecule has 14 heavy (non-hydrogen) atoms. The van der Waals surface area contributed by atoms with Crippen molar-refractivity contribution in [1.82, 2.24) is 9.55 Å². The third kappa shape index (κ3) is 1.35. The summed E-state index contributed by atoms with van der Waals surface area (Å²) in [6.07, 6.45) is 1.34. The van der Waals surface area contributed by atoms with Crippen LogP contribution in [-0.4, -0.2) is 9.55 Å². The lowest BCUT2D eigenvalue weighted by molar-refractivity contribution is 0.890. The minimum absolute atomic E-state index is 0.0841. The van der Waals surface area contributed by atoms with Gasteiger partial charge in [0.15, 0.2) is 0 Å². The molecule has 0 N–H and O–H groups in total. The van der Waals surface area contributed by atoms with E-state index in [-0.39, 0.29) is 5.56 Å². The molecule has 4 heteroatoms. The summed E-state index contributed by atoms with van der Waals surface area (Å²) < 4.78 is 2.61. The predicted octanol–water partition coefficient (Wildman–Crippen LogP) is 2.00. The fourth-order valence-electron chi connectivity index (χ4n) is 1.36. The number of rotatable bonds is 0. The van der Waals surface area contributed by atoms with Crippen LogP contribution >= 0.6 is 15.9 Å². The fourth-order valence-corrected chi connectivity index (χ4v) is 1.69. The van der Waals surface area contributed by atoms with Gasteiger partial charge in [0.1, 0.15) is 0 Å². The van der Waals surface area contributed by atoms with Gasteiger partial charge in [0.25, 0.3) is 5.56 Å². The summed E-state index contributed by atoms with van der Waals surface area (Å²) in [6, 6.07) is 3.87. The first-order valence-corrected chi connectivity index (χ1v) is 5.01. The zero-order valence-electron chi connectivity index (χ0n) is 7.91. The minimum Gasteiger partial charge on any atom is -0.309 e. The van der Waals surface area contributed by atoms with Gasteiger partial charge in [0.2, 0.25) is 0 Å². The summed E-state index contributed by atoms with van der Waals surface area (Å²) in [7, 11) is 1.75. The molecule has 0 aliphatic rings. The van der Waals surface area contributed by atoms with E-state index in [0.717, 1.165) is 21.1 Å². The van der Waals surface area contributed by atoms with Crippen LogP contribution in [0.15, 0.2) is 27.6 Å². The van der Waals surface area contributed by atoms with E-state index in [1.807, 2.05) is 19.1 Å². The van der Waals surface area contributed by atoms with Gasteiger partial charge < -0.3 is 4.57 Å². The molecule has 0 atom stereocenters. The Balaban J connectivity index is 2.97. The van der Waals surface area contributed by atoms with Crippen molar-refractivity contribution in [3.63, 3.8) is 0 Å². The monoisotopic (exact) mass is 252 g/mol. The number of aromatic nitrogens is 2. The Hall–Kier alpha value is -1.16. The first kappa shape index (κ1) is 9.40. The van der Waals surface area contributed by atoms with Crippen LogP contribution in [0.1, 0.15) is 5.56 Å². The lowest BCUT2D eigenvalue weighted by Gasteiger charge is -2.05. The maximum atomic E-state index is 11.3. The predicted molar refractivity (Wildman–Crippen MR) is 59.4 cm³/mol. The maximum absolute atomic E-state index is 11.3. The quantitative estimate of drug-likeness (QED) is 0.719. The molecule has 3 nitrogen and oxygen atoms in total. The maximum Gasteiger partial charge on any atom is 0.269 e. The third-order valence-corrected chi connectivity index (χ3v) is 3.12. The van der Waals surface area contributed by atoms with Crippen LogP contribution in [0.4, 0.5) is 0 Å². The first-order chi connectivity index (χ1) is 6.59. The summed E-state index contributed by atoms with van der Waals surface area (Å²) in [4.78, 5) is 15.4. The second-order valence-corrected chi connectivity index (χ2v) is 4.10. The van der Waals surface area contributed by atoms with E-state index in [0.29, 0.717) is 0 Å². The Morgan fingerprint density at radius 3 is 2.86 bits per heavy atom. The molecule has 72 valence electrons. The van der Waals surface area contributed by atoms with Crippen molar-refractivity contribution in [3.05, 3.63) is 38.7 Å². The molecule has 0 aliphatic carbocycles. The number of benzene rings is 1. The Bertz CT molecular complexity index is 560. The van der Waals surface area contributed by atoms with E-state index in [4.69, 9.17) is 0 Å². The average Bonchev–Trinajstić information content (AvgIpc) is 2.15. The summed E-state index contributed by atoms with van der Waals surface area (Å²) in [5.74, 6) is 0. The first-order valence-electron chi connectivity index (χ1n) is 4.21. The Morgan fingerprint density at radius 1 is 1.43 bits per heavy atom. The van der Waals surface area contributed by atoms with Crippen LogP contribution in [-0.2, 0) is 7.05 Å². The summed E-state index contributed by atoms with van der Waals surface area (Å²) in [5, 5.41) is 0. The van der Waals surface area contributed by atoms with E-state index in [9.17, 15) is 4.79 Å². The number of aryl methyl sites for hydroxylation is 2. The Kier molecular flexibility index (Phi) is 2.15. The van der Waals surface area contributed by atoms with Crippen LogP contribution in [0, 0.1) is 6.92 Å². The van der Waals surface area contributed by atoms with Gasteiger partial charge in [0.05, 0.1) is 17.2 Å². The van der Waals surface area contributed by atoms with Crippen molar-refractivity contribution in [3.8, 4) is 0 Å². The molecule has 2 rings (SSSR count). The van der Waals surface area contributed by atoms with Crippen molar-refractivity contribution in [2.45, 2.75) is 6.92 Å². The lowest BCUT2D eigenvalue weighted by Crippen LogP contribution is -2.16. The van der Waals surface area contributed by atoms with Gasteiger partial charge in [-0.1, -0.05) is 15.9 Å². The standard InChI is InChI=1S/C10H9BrN2O/c1-6-3-9-8(4-7(6)11)12-5-10(14)13(9)2/h3-5H,1-2H3. The van der Waals surface area contributed by atoms with E-state index < -0.39 is 0 Å². The second-order valence-electron chi connectivity index (χ2n) is 3.25. The Morgan fingerprint density at radius 2 is 2.14 bits per heavy atom. The van der Waals surface area contributed by atoms with Gasteiger partial charge in [0, 0.05) is 11.5 Å². The zero-order chi connectivity index (χ0) is 10.3. The average molecular weight is 253 g/mol. The molecule has 0 amide bonds. The highest BCUT2D eigenvalue weighted by molar-refractivity contribution is 9.10. The number of hydrogen-bond acceptors (Lipinski definition) is 2. The van der Waals surface area contributed by atoms with E-state index in [1.165, 1.54) is 6.20 Å². The summed E-state index contributed by atoms with van der Waals surface area (Å²) in [5.41, 5.74) is 2.70. The number of hydrogen-bond donors (Lipinski definition) is 0. The van der Waals surface area contributed by atoms with Gasteiger partial charge in [-0.05, 0) is 24.6 Å². The molecule has 2 aromatic rings. The molecule has 0 saturated carbocycles. The molecule has 0 bridgehead atoms. The molecular formula is C10H9BrN2O. The van der Waals surface area contributed by atoms with Gasteiger partial charge in [-0.3, -0.25) is 4.79 Å². The van der Waals surface area contributed by atoms with E-state index in [1.54, 1.807) is 11.6 Å². The molecule has 1 aromatic heterocycles. The van der Waals surface area contributed by atoms with Gasteiger partial charge >= 0.3 is 0 Å². The summed E-state index contributed by atoms with van der Waals surface area (Å²) >= 11 is 3.43. The topological polar surface area (TPSA) is 34.9 Å². The zero-order valence-corrected chi connectivity index (χ0v) is 9.50. The number of fused-ring (bicyclic) bond motifs is 1. The van der Waals surface area contributed by atoms with Crippen molar-refractivity contribution in [2.24, 2.45) is 7.05 Å². The Labute approximate surface area is 89.5 Å². The van der Waals surface area contributed by atoms with Crippen LogP contribution in [0.2, 0.25) is 0 Å². The van der Waals surface area contributed by atoms with Crippen LogP contribution in [0.25, 0.3) is 11.0 Å². The van der Waals surface area contributed by atoms with Gasteiger partial charge in [-0.25, -0.2) is 4.98 Å². The smallest absolute Gasteiger partial charge is 0.269 e. The SMILES string of the molecule is Cc1cc2c(cc1Br)ncc(=O)n2C. The second kappa shape index (κ2) is 3.20. The van der Waals surface area contributed by atoms with Crippen LogP contribution in [0.5, 0.6) is 0 Å². The minimum atomic E-state index is -0.0841. The van der Waals surface area contributed by atoms with Gasteiger partial charge in [-0.15, -0.1) is 0 Å². The molecule has 0 saturated heterocycles.